The van der Waals surface area contributed by atoms with Crippen LogP contribution in [0.2, 0.25) is 5.02 Å². The van der Waals surface area contributed by atoms with E-state index < -0.39 is 69.6 Å². The molecule has 17 heteroatoms. The van der Waals surface area contributed by atoms with Gasteiger partial charge in [-0.25, -0.2) is 22.7 Å². The van der Waals surface area contributed by atoms with Gasteiger partial charge in [-0.3, -0.25) is 19.3 Å². The van der Waals surface area contributed by atoms with Crippen LogP contribution in [0.25, 0.3) is 0 Å². The van der Waals surface area contributed by atoms with Crippen molar-refractivity contribution < 1.29 is 41.9 Å². The van der Waals surface area contributed by atoms with Crippen molar-refractivity contribution >= 4 is 57.2 Å². The second-order valence-electron chi connectivity index (χ2n) is 15.9. The smallest absolute Gasteiger partial charge is 0.410 e. The van der Waals surface area contributed by atoms with Gasteiger partial charge < -0.3 is 30.3 Å². The topological polar surface area (TPSA) is 193 Å². The number of carbonyl (C=O) groups excluding carboxylic acids is 5. The largest absolute Gasteiger partial charge is 0.446 e. The van der Waals surface area contributed by atoms with Gasteiger partial charge in [-0.1, -0.05) is 61.6 Å². The quantitative estimate of drug-likeness (QED) is 0.300. The molecule has 5 atom stereocenters. The summed E-state index contributed by atoms with van der Waals surface area (Å²) in [6.07, 6.45) is 6.27. The van der Waals surface area contributed by atoms with E-state index in [1.165, 1.54) is 21.9 Å². The van der Waals surface area contributed by atoms with Crippen LogP contribution < -0.4 is 20.7 Å². The summed E-state index contributed by atoms with van der Waals surface area (Å²) in [5, 5.41) is 9.27. The number of para-hydroxylation sites is 1. The summed E-state index contributed by atoms with van der Waals surface area (Å²) in [6.45, 7) is 4.69. The third-order valence-corrected chi connectivity index (χ3v) is 13.5. The number of amides is 5. The molecule has 1 spiro atoms. The molecule has 7 rings (SSSR count). The summed E-state index contributed by atoms with van der Waals surface area (Å²) in [7, 11) is -4.40. The van der Waals surface area contributed by atoms with E-state index in [9.17, 15) is 32.4 Å². The van der Waals surface area contributed by atoms with Gasteiger partial charge in [0.2, 0.25) is 11.8 Å². The normalized spacial score (nSPS) is 27.9. The first-order valence-corrected chi connectivity index (χ1v) is 22.1. The first-order valence-electron chi connectivity index (χ1n) is 20.2. The van der Waals surface area contributed by atoms with Crippen molar-refractivity contribution in [2.75, 3.05) is 18.4 Å². The van der Waals surface area contributed by atoms with Gasteiger partial charge in [-0.2, -0.15) is 0 Å². The van der Waals surface area contributed by atoms with E-state index in [0.717, 1.165) is 62.5 Å². The van der Waals surface area contributed by atoms with E-state index >= 15 is 0 Å². The molecular formula is C41H51ClN6O9S. The van der Waals surface area contributed by atoms with Crippen molar-refractivity contribution in [3.63, 3.8) is 0 Å². The molecule has 0 unspecified atom stereocenters. The fourth-order valence-electron chi connectivity index (χ4n) is 8.55. The number of fused-ring (bicyclic) bond motifs is 3. The Kier molecular flexibility index (Phi) is 12.5. The third kappa shape index (κ3) is 9.22. The minimum Gasteiger partial charge on any atom is -0.446 e. The van der Waals surface area contributed by atoms with Gasteiger partial charge in [-0.05, 0) is 80.3 Å². The summed E-state index contributed by atoms with van der Waals surface area (Å²) in [4.78, 5) is 72.4. The van der Waals surface area contributed by atoms with Crippen LogP contribution in [0.1, 0.15) is 88.2 Å². The maximum Gasteiger partial charge on any atom is 0.410 e. The van der Waals surface area contributed by atoms with Gasteiger partial charge in [0, 0.05) is 37.0 Å². The minimum atomic E-state index is -4.40. The van der Waals surface area contributed by atoms with Crippen molar-refractivity contribution in [3.8, 4) is 0 Å². The molecule has 2 aromatic rings. The van der Waals surface area contributed by atoms with E-state index in [2.05, 4.69) is 27.3 Å². The molecule has 0 bridgehead atoms. The Balaban J connectivity index is 1.15. The average Bonchev–Trinajstić information content (AvgIpc) is 3.57. The molecule has 312 valence electrons. The number of sulfonamides is 1. The molecule has 5 aliphatic rings. The van der Waals surface area contributed by atoms with Crippen LogP contribution in [-0.2, 0) is 47.0 Å². The maximum atomic E-state index is 14.6. The van der Waals surface area contributed by atoms with Gasteiger partial charge in [0.05, 0.1) is 12.2 Å². The number of ether oxygens (including phenoxy) is 2. The fourth-order valence-corrected chi connectivity index (χ4v) is 9.97. The Morgan fingerprint density at radius 1 is 0.914 bits per heavy atom. The lowest BCUT2D eigenvalue weighted by Gasteiger charge is -2.30. The molecule has 0 aromatic heterocycles. The lowest BCUT2D eigenvalue weighted by molar-refractivity contribution is -0.141. The summed E-state index contributed by atoms with van der Waals surface area (Å²) < 4.78 is 41.2. The predicted molar refractivity (Wildman–Crippen MR) is 214 cm³/mol. The molecule has 4 N–H and O–H groups in total. The monoisotopic (exact) mass is 838 g/mol. The second kappa shape index (κ2) is 17.6. The Bertz CT molecular complexity index is 2040. The Morgan fingerprint density at radius 2 is 1.64 bits per heavy atom. The molecule has 3 heterocycles. The van der Waals surface area contributed by atoms with E-state index in [0.29, 0.717) is 30.2 Å². The summed E-state index contributed by atoms with van der Waals surface area (Å²) in [5.41, 5.74) is 0.473. The van der Waals surface area contributed by atoms with Crippen molar-refractivity contribution in [3.05, 3.63) is 71.3 Å². The second-order valence-corrected chi connectivity index (χ2v) is 18.0. The Hall–Kier alpha value is -4.83. The third-order valence-electron chi connectivity index (χ3n) is 11.9. The standard InChI is InChI=1S/C41H51ClN6O9S/c1-2-28-22-41(28)38(51)46-58(54,55)35-16-10-9-14-32(35)43-19-11-5-3-4-6-15-33(44-39(52)56-30-12-7-8-13-30)37(50)48-25-31(21-34(48)36(49)45-41)57-40(53)47-23-26-17-18-29(42)20-27(26)24-47/h2,9-10,14,16-18,20,28,30-31,33-34,43H,1,3-8,11-13,15,19,21-25H2,(H,44,52)(H,45,49)(H,46,51)/t28-,31-,33+,34+,41-/m1/s1. The van der Waals surface area contributed by atoms with Gasteiger partial charge in [-0.15, -0.1) is 6.58 Å². The van der Waals surface area contributed by atoms with Crippen LogP contribution in [0.3, 0.4) is 0 Å². The number of nitrogens with zero attached hydrogens (tertiary/aromatic N) is 2. The minimum absolute atomic E-state index is 0.0687. The number of hydrogen-bond acceptors (Lipinski definition) is 10. The first-order chi connectivity index (χ1) is 27.9. The molecule has 2 aromatic carbocycles. The number of benzene rings is 2. The molecule has 2 aliphatic carbocycles. The van der Waals surface area contributed by atoms with Crippen LogP contribution in [0.4, 0.5) is 15.3 Å². The zero-order valence-electron chi connectivity index (χ0n) is 32.4. The number of nitrogens with one attached hydrogen (secondary N) is 4. The molecule has 0 radical (unpaired) electrons. The number of rotatable bonds is 4. The van der Waals surface area contributed by atoms with Crippen molar-refractivity contribution in [2.24, 2.45) is 5.92 Å². The zero-order chi connectivity index (χ0) is 41.0. The van der Waals surface area contributed by atoms with E-state index in [-0.39, 0.29) is 43.4 Å². The highest BCUT2D eigenvalue weighted by molar-refractivity contribution is 7.90. The van der Waals surface area contributed by atoms with Gasteiger partial charge in [0.25, 0.3) is 15.9 Å². The summed E-state index contributed by atoms with van der Waals surface area (Å²) >= 11 is 6.18. The van der Waals surface area contributed by atoms with E-state index in [1.54, 1.807) is 30.3 Å². The molecule has 1 saturated heterocycles. The van der Waals surface area contributed by atoms with Gasteiger partial charge in [0.1, 0.15) is 34.7 Å². The maximum absolute atomic E-state index is 14.6. The van der Waals surface area contributed by atoms with Crippen molar-refractivity contribution in [2.45, 2.75) is 125 Å². The molecule has 5 amide bonds. The highest BCUT2D eigenvalue weighted by atomic mass is 35.5. The van der Waals surface area contributed by atoms with Gasteiger partial charge in [0.15, 0.2) is 0 Å². The highest BCUT2D eigenvalue weighted by Crippen LogP contribution is 2.45. The summed E-state index contributed by atoms with van der Waals surface area (Å²) in [5.74, 6) is -2.85. The molecule has 58 heavy (non-hydrogen) atoms. The first kappa shape index (κ1) is 41.3. The number of alkyl carbamates (subject to hydrolysis) is 1. The highest BCUT2D eigenvalue weighted by Gasteiger charge is 2.61. The lowest BCUT2D eigenvalue weighted by atomic mass is 10.0. The van der Waals surface area contributed by atoms with Crippen molar-refractivity contribution in [1.29, 1.82) is 0 Å². The molecule has 2 saturated carbocycles. The van der Waals surface area contributed by atoms with Crippen molar-refractivity contribution in [1.82, 2.24) is 25.2 Å². The number of carbonyl (C=O) groups is 5. The van der Waals surface area contributed by atoms with Crippen LogP contribution in [0.15, 0.2) is 60.0 Å². The van der Waals surface area contributed by atoms with E-state index in [1.807, 2.05) is 6.07 Å². The average molecular weight is 839 g/mol. The van der Waals surface area contributed by atoms with Crippen LogP contribution in [0.5, 0.6) is 0 Å². The number of halogens is 1. The Labute approximate surface area is 343 Å². The van der Waals surface area contributed by atoms with E-state index in [4.69, 9.17) is 21.1 Å². The fraction of sp³-hybridized carbons (Fsp3) is 0.537. The zero-order valence-corrected chi connectivity index (χ0v) is 34.0. The number of hydrogen-bond donors (Lipinski definition) is 4. The molecule has 3 fully saturated rings. The number of anilines is 1. The summed E-state index contributed by atoms with van der Waals surface area (Å²) in [6, 6.07) is 9.39. The SMILES string of the molecule is C=C[C@@H]1C[C@@]12NC(=O)[C@@H]1C[C@@H](OC(=O)N3Cc4ccc(Cl)cc4C3)CN1C(=O)[C@@H](NC(=O)OC1CCCC1)CCCCCCCNc1ccccc1S(=O)(=O)NC2=O. The lowest BCUT2D eigenvalue weighted by Crippen LogP contribution is -2.58. The van der Waals surface area contributed by atoms with Crippen LogP contribution >= 0.6 is 11.6 Å². The molecular weight excluding hydrogens is 788 g/mol. The predicted octanol–water partition coefficient (Wildman–Crippen LogP) is 5.13. The molecule has 15 nitrogen and oxygen atoms in total. The van der Waals surface area contributed by atoms with Gasteiger partial charge >= 0.3 is 12.2 Å². The Morgan fingerprint density at radius 3 is 2.41 bits per heavy atom. The van der Waals surface area contributed by atoms with Crippen LogP contribution in [0, 0.1) is 5.92 Å². The molecule has 3 aliphatic heterocycles. The van der Waals surface area contributed by atoms with Crippen LogP contribution in [-0.4, -0.2) is 91.0 Å².